The number of aryl methyl sites for hydroxylation is 1. The molecule has 2 aromatic carbocycles. The smallest absolute Gasteiger partial charge is 0.276 e. The van der Waals surface area contributed by atoms with E-state index in [4.69, 9.17) is 0 Å². The van der Waals surface area contributed by atoms with E-state index in [-0.39, 0.29) is 17.5 Å². The Kier molecular flexibility index (Phi) is 5.64. The van der Waals surface area contributed by atoms with E-state index in [1.54, 1.807) is 24.3 Å². The van der Waals surface area contributed by atoms with Crippen LogP contribution in [0.3, 0.4) is 0 Å². The molecule has 7 heteroatoms. The molecule has 0 atom stereocenters. The van der Waals surface area contributed by atoms with Crippen LogP contribution in [0, 0.1) is 13.8 Å². The number of amides is 2. The Labute approximate surface area is 163 Å². The molecular weight excluding hydrogens is 354 g/mol. The van der Waals surface area contributed by atoms with Crippen molar-refractivity contribution in [2.75, 3.05) is 16.0 Å². The molecule has 28 heavy (non-hydrogen) atoms. The highest BCUT2D eigenvalue weighted by Gasteiger charge is 2.11. The number of hydrogen-bond acceptors (Lipinski definition) is 5. The molecule has 3 N–H and O–H groups in total. The minimum atomic E-state index is -0.313. The molecule has 1 aromatic heterocycles. The van der Waals surface area contributed by atoms with Crippen LogP contribution in [0.4, 0.5) is 22.9 Å². The van der Waals surface area contributed by atoms with Crippen LogP contribution in [0.15, 0.2) is 54.6 Å². The van der Waals surface area contributed by atoms with E-state index in [0.717, 1.165) is 22.5 Å². The van der Waals surface area contributed by atoms with Crippen LogP contribution in [0.25, 0.3) is 0 Å². The lowest BCUT2D eigenvalue weighted by Gasteiger charge is -2.10. The third-order valence-corrected chi connectivity index (χ3v) is 4.23. The minimum Gasteiger partial charge on any atom is -0.339 e. The van der Waals surface area contributed by atoms with Crippen LogP contribution in [-0.4, -0.2) is 22.0 Å². The maximum Gasteiger partial charge on any atom is 0.276 e. The number of nitrogens with zero attached hydrogens (tertiary/aromatic N) is 2. The first-order valence-electron chi connectivity index (χ1n) is 8.78. The van der Waals surface area contributed by atoms with Crippen LogP contribution < -0.4 is 16.0 Å². The molecule has 0 spiro atoms. The van der Waals surface area contributed by atoms with E-state index in [9.17, 15) is 9.59 Å². The quantitative estimate of drug-likeness (QED) is 0.625. The molecule has 0 aliphatic rings. The molecule has 0 bridgehead atoms. The van der Waals surface area contributed by atoms with Crippen LogP contribution in [-0.2, 0) is 4.79 Å². The van der Waals surface area contributed by atoms with Crippen molar-refractivity contribution in [1.82, 2.24) is 10.2 Å². The van der Waals surface area contributed by atoms with E-state index in [0.29, 0.717) is 11.5 Å². The maximum absolute atomic E-state index is 12.4. The number of nitrogens with one attached hydrogen (secondary N) is 3. The summed E-state index contributed by atoms with van der Waals surface area (Å²) in [4.78, 5) is 23.5. The zero-order valence-corrected chi connectivity index (χ0v) is 15.9. The summed E-state index contributed by atoms with van der Waals surface area (Å²) in [6, 6.07) is 16.2. The normalized spacial score (nSPS) is 10.2. The molecule has 0 aliphatic heterocycles. The van der Waals surface area contributed by atoms with Crippen molar-refractivity contribution in [2.24, 2.45) is 0 Å². The molecule has 0 radical (unpaired) electrons. The summed E-state index contributed by atoms with van der Waals surface area (Å²) in [6.07, 6.45) is 0. The predicted octanol–water partition coefficient (Wildman–Crippen LogP) is 4.05. The van der Waals surface area contributed by atoms with Crippen LogP contribution in [0.1, 0.15) is 28.5 Å². The molecule has 3 aromatic rings. The average molecular weight is 375 g/mol. The Morgan fingerprint density at radius 2 is 1.54 bits per heavy atom. The number of benzene rings is 2. The first-order chi connectivity index (χ1) is 13.4. The minimum absolute atomic E-state index is 0.124. The molecule has 0 fully saturated rings. The van der Waals surface area contributed by atoms with Crippen molar-refractivity contribution in [3.63, 3.8) is 0 Å². The molecule has 0 aliphatic carbocycles. The van der Waals surface area contributed by atoms with Gasteiger partial charge in [0.1, 0.15) is 0 Å². The number of hydrogen-bond donors (Lipinski definition) is 3. The fourth-order valence-electron chi connectivity index (χ4n) is 2.58. The summed E-state index contributed by atoms with van der Waals surface area (Å²) in [5.74, 6) is 0.0734. The van der Waals surface area contributed by atoms with E-state index in [1.807, 2.05) is 44.2 Å². The highest BCUT2D eigenvalue weighted by Crippen LogP contribution is 2.20. The second kappa shape index (κ2) is 8.30. The predicted molar refractivity (Wildman–Crippen MR) is 110 cm³/mol. The molecule has 0 saturated heterocycles. The van der Waals surface area contributed by atoms with Gasteiger partial charge in [0.15, 0.2) is 11.5 Å². The van der Waals surface area contributed by atoms with Gasteiger partial charge in [-0.1, -0.05) is 12.1 Å². The summed E-state index contributed by atoms with van der Waals surface area (Å²) >= 11 is 0. The molecule has 0 unspecified atom stereocenters. The van der Waals surface area contributed by atoms with E-state index in [2.05, 4.69) is 26.1 Å². The standard InChI is InChI=1S/C21H21N5O2/c1-13-5-4-6-18(14(13)2)24-21(28)19-11-12-20(26-25-19)23-17-9-7-16(8-10-17)22-15(3)27/h4-12H,1-3H3,(H,22,27)(H,23,26)(H,24,28). The van der Waals surface area contributed by atoms with Gasteiger partial charge in [-0.15, -0.1) is 10.2 Å². The van der Waals surface area contributed by atoms with E-state index in [1.165, 1.54) is 6.92 Å². The van der Waals surface area contributed by atoms with Crippen molar-refractivity contribution in [3.05, 3.63) is 71.4 Å². The highest BCUT2D eigenvalue weighted by atomic mass is 16.2. The van der Waals surface area contributed by atoms with Gasteiger partial charge in [-0.05, 0) is 67.4 Å². The maximum atomic E-state index is 12.4. The van der Waals surface area contributed by atoms with Crippen molar-refractivity contribution in [1.29, 1.82) is 0 Å². The number of rotatable bonds is 5. The molecule has 2 amide bonds. The van der Waals surface area contributed by atoms with Gasteiger partial charge in [0.25, 0.3) is 5.91 Å². The number of carbonyl (C=O) groups is 2. The molecular formula is C21H21N5O2. The third kappa shape index (κ3) is 4.70. The monoisotopic (exact) mass is 375 g/mol. The second-order valence-electron chi connectivity index (χ2n) is 6.39. The summed E-state index contributed by atoms with van der Waals surface area (Å²) < 4.78 is 0. The topological polar surface area (TPSA) is 96.0 Å². The van der Waals surface area contributed by atoms with Gasteiger partial charge >= 0.3 is 0 Å². The number of carbonyl (C=O) groups excluding carboxylic acids is 2. The van der Waals surface area contributed by atoms with Crippen molar-refractivity contribution < 1.29 is 9.59 Å². The number of aromatic nitrogens is 2. The highest BCUT2D eigenvalue weighted by molar-refractivity contribution is 6.03. The van der Waals surface area contributed by atoms with Gasteiger partial charge in [0.2, 0.25) is 5.91 Å². The number of anilines is 4. The largest absolute Gasteiger partial charge is 0.339 e. The van der Waals surface area contributed by atoms with Gasteiger partial charge < -0.3 is 16.0 Å². The zero-order chi connectivity index (χ0) is 20.1. The Hall–Kier alpha value is -3.74. The molecule has 142 valence electrons. The Balaban J connectivity index is 1.65. The Bertz CT molecular complexity index is 998. The fraction of sp³-hybridized carbons (Fsp3) is 0.143. The van der Waals surface area contributed by atoms with Gasteiger partial charge in [-0.2, -0.15) is 0 Å². The molecule has 1 heterocycles. The van der Waals surface area contributed by atoms with Crippen LogP contribution in [0.2, 0.25) is 0 Å². The van der Waals surface area contributed by atoms with Gasteiger partial charge in [-0.3, -0.25) is 9.59 Å². The molecule has 7 nitrogen and oxygen atoms in total. The van der Waals surface area contributed by atoms with Crippen molar-refractivity contribution >= 4 is 34.7 Å². The lowest BCUT2D eigenvalue weighted by Crippen LogP contribution is -2.15. The van der Waals surface area contributed by atoms with Gasteiger partial charge in [-0.25, -0.2) is 0 Å². The van der Waals surface area contributed by atoms with Gasteiger partial charge in [0, 0.05) is 24.0 Å². The van der Waals surface area contributed by atoms with Crippen molar-refractivity contribution in [3.8, 4) is 0 Å². The lowest BCUT2D eigenvalue weighted by atomic mass is 10.1. The zero-order valence-electron chi connectivity index (χ0n) is 15.9. The lowest BCUT2D eigenvalue weighted by molar-refractivity contribution is -0.114. The van der Waals surface area contributed by atoms with Gasteiger partial charge in [0.05, 0.1) is 0 Å². The van der Waals surface area contributed by atoms with E-state index < -0.39 is 0 Å². The summed E-state index contributed by atoms with van der Waals surface area (Å²) in [6.45, 7) is 5.41. The SMILES string of the molecule is CC(=O)Nc1ccc(Nc2ccc(C(=O)Nc3cccc(C)c3C)nn2)cc1. The van der Waals surface area contributed by atoms with Crippen molar-refractivity contribution in [2.45, 2.75) is 20.8 Å². The van der Waals surface area contributed by atoms with Crippen LogP contribution >= 0.6 is 0 Å². The van der Waals surface area contributed by atoms with E-state index >= 15 is 0 Å². The second-order valence-corrected chi connectivity index (χ2v) is 6.39. The summed E-state index contributed by atoms with van der Waals surface area (Å²) in [7, 11) is 0. The third-order valence-electron chi connectivity index (χ3n) is 4.23. The molecule has 3 rings (SSSR count). The Morgan fingerprint density at radius 1 is 0.821 bits per heavy atom. The summed E-state index contributed by atoms with van der Waals surface area (Å²) in [5, 5.41) is 16.7. The van der Waals surface area contributed by atoms with Crippen LogP contribution in [0.5, 0.6) is 0 Å². The average Bonchev–Trinajstić information content (AvgIpc) is 2.67. The fourth-order valence-corrected chi connectivity index (χ4v) is 2.58. The Morgan fingerprint density at radius 3 is 2.18 bits per heavy atom. The first kappa shape index (κ1) is 19.0. The summed E-state index contributed by atoms with van der Waals surface area (Å²) in [5.41, 5.74) is 4.61. The molecule has 0 saturated carbocycles. The first-order valence-corrected chi connectivity index (χ1v) is 8.78.